The number of ether oxygens (including phenoxy) is 1. The summed E-state index contributed by atoms with van der Waals surface area (Å²) in [5, 5.41) is 0. The molecule has 1 atom stereocenters. The van der Waals surface area contributed by atoms with Crippen molar-refractivity contribution in [3.05, 3.63) is 42.6 Å². The number of aromatic nitrogens is 3. The van der Waals surface area contributed by atoms with Gasteiger partial charge in [0.15, 0.2) is 5.82 Å². The highest BCUT2D eigenvalue weighted by atomic mass is 19.1. The molecular formula is C13H13FN4O. The second kappa shape index (κ2) is 5.17. The molecule has 0 aromatic carbocycles. The zero-order chi connectivity index (χ0) is 13.1. The zero-order valence-corrected chi connectivity index (χ0v) is 10.2. The van der Waals surface area contributed by atoms with Gasteiger partial charge in [0.1, 0.15) is 6.10 Å². The lowest BCUT2D eigenvalue weighted by Gasteiger charge is -2.16. The average Bonchev–Trinajstić information content (AvgIpc) is 2.89. The molecule has 0 aliphatic carbocycles. The van der Waals surface area contributed by atoms with Gasteiger partial charge in [-0.05, 0) is 6.07 Å². The van der Waals surface area contributed by atoms with Crippen molar-refractivity contribution in [2.45, 2.75) is 12.5 Å². The molecule has 2 aromatic rings. The molecule has 0 amide bonds. The molecule has 5 nitrogen and oxygen atoms in total. The molecule has 3 rings (SSSR count). The first-order chi connectivity index (χ1) is 9.31. The van der Waals surface area contributed by atoms with Gasteiger partial charge in [-0.3, -0.25) is 0 Å². The second-order valence-electron chi connectivity index (χ2n) is 4.34. The van der Waals surface area contributed by atoms with Crippen LogP contribution in [0.4, 0.5) is 10.3 Å². The Morgan fingerprint density at radius 1 is 1.21 bits per heavy atom. The SMILES string of the molecule is Fc1cnc(N2CCC(Oc3ccccn3)C2)nc1. The van der Waals surface area contributed by atoms with Crippen molar-refractivity contribution in [1.82, 2.24) is 15.0 Å². The number of pyridine rings is 1. The number of rotatable bonds is 3. The Morgan fingerprint density at radius 3 is 2.79 bits per heavy atom. The third-order valence-electron chi connectivity index (χ3n) is 2.96. The predicted molar refractivity (Wildman–Crippen MR) is 67.5 cm³/mol. The summed E-state index contributed by atoms with van der Waals surface area (Å²) in [5.41, 5.74) is 0. The Kier molecular flexibility index (Phi) is 3.22. The summed E-state index contributed by atoms with van der Waals surface area (Å²) < 4.78 is 18.5. The largest absolute Gasteiger partial charge is 0.472 e. The molecule has 2 aromatic heterocycles. The highest BCUT2D eigenvalue weighted by Gasteiger charge is 2.26. The van der Waals surface area contributed by atoms with Gasteiger partial charge in [0.2, 0.25) is 11.8 Å². The molecule has 1 fully saturated rings. The van der Waals surface area contributed by atoms with Crippen LogP contribution in [0.3, 0.4) is 0 Å². The van der Waals surface area contributed by atoms with E-state index in [4.69, 9.17) is 4.74 Å². The molecule has 19 heavy (non-hydrogen) atoms. The van der Waals surface area contributed by atoms with E-state index < -0.39 is 5.82 Å². The van der Waals surface area contributed by atoms with Crippen LogP contribution in [0.5, 0.6) is 5.88 Å². The standard InChI is InChI=1S/C13H13FN4O/c14-10-7-16-13(17-8-10)18-6-4-11(9-18)19-12-3-1-2-5-15-12/h1-3,5,7-8,11H,4,6,9H2. The lowest BCUT2D eigenvalue weighted by atomic mass is 10.3. The number of hydrogen-bond donors (Lipinski definition) is 0. The van der Waals surface area contributed by atoms with Crippen molar-refractivity contribution in [3.63, 3.8) is 0 Å². The molecule has 0 saturated carbocycles. The van der Waals surface area contributed by atoms with Crippen LogP contribution in [0.2, 0.25) is 0 Å². The smallest absolute Gasteiger partial charge is 0.225 e. The maximum atomic E-state index is 12.8. The normalized spacial score (nSPS) is 18.6. The lowest BCUT2D eigenvalue weighted by molar-refractivity contribution is 0.216. The van der Waals surface area contributed by atoms with Crippen molar-refractivity contribution < 1.29 is 9.13 Å². The molecule has 6 heteroatoms. The summed E-state index contributed by atoms with van der Waals surface area (Å²) in [6.07, 6.45) is 4.98. The van der Waals surface area contributed by atoms with Gasteiger partial charge < -0.3 is 9.64 Å². The Labute approximate surface area is 110 Å². The van der Waals surface area contributed by atoms with E-state index in [2.05, 4.69) is 15.0 Å². The monoisotopic (exact) mass is 260 g/mol. The fourth-order valence-corrected chi connectivity index (χ4v) is 2.06. The quantitative estimate of drug-likeness (QED) is 0.840. The highest BCUT2D eigenvalue weighted by Crippen LogP contribution is 2.19. The molecule has 1 saturated heterocycles. The minimum Gasteiger partial charge on any atom is -0.472 e. The van der Waals surface area contributed by atoms with E-state index in [1.54, 1.807) is 6.20 Å². The minimum atomic E-state index is -0.427. The number of nitrogens with zero attached hydrogens (tertiary/aromatic N) is 4. The molecule has 1 aliphatic heterocycles. The van der Waals surface area contributed by atoms with Crippen LogP contribution in [-0.4, -0.2) is 34.1 Å². The van der Waals surface area contributed by atoms with Crippen LogP contribution in [0, 0.1) is 5.82 Å². The van der Waals surface area contributed by atoms with Crippen molar-refractivity contribution in [2.75, 3.05) is 18.0 Å². The van der Waals surface area contributed by atoms with Gasteiger partial charge in [-0.25, -0.2) is 19.3 Å². The zero-order valence-electron chi connectivity index (χ0n) is 10.2. The molecule has 1 aliphatic rings. The average molecular weight is 260 g/mol. The van der Waals surface area contributed by atoms with E-state index >= 15 is 0 Å². The molecular weight excluding hydrogens is 247 g/mol. The summed E-state index contributed by atoms with van der Waals surface area (Å²) in [6.45, 7) is 1.48. The Balaban J connectivity index is 1.62. The van der Waals surface area contributed by atoms with Gasteiger partial charge in [-0.2, -0.15) is 0 Å². The number of anilines is 1. The number of halogens is 1. The Morgan fingerprint density at radius 2 is 2.05 bits per heavy atom. The van der Waals surface area contributed by atoms with E-state index in [1.165, 1.54) is 12.4 Å². The van der Waals surface area contributed by atoms with Crippen LogP contribution in [0.1, 0.15) is 6.42 Å². The van der Waals surface area contributed by atoms with Gasteiger partial charge in [0.05, 0.1) is 18.9 Å². The van der Waals surface area contributed by atoms with Crippen LogP contribution in [0.15, 0.2) is 36.8 Å². The van der Waals surface area contributed by atoms with Gasteiger partial charge in [0.25, 0.3) is 0 Å². The first-order valence-electron chi connectivity index (χ1n) is 6.11. The van der Waals surface area contributed by atoms with E-state index in [0.29, 0.717) is 18.4 Å². The van der Waals surface area contributed by atoms with E-state index in [9.17, 15) is 4.39 Å². The third kappa shape index (κ3) is 2.78. The van der Waals surface area contributed by atoms with E-state index in [1.807, 2.05) is 23.1 Å². The van der Waals surface area contributed by atoms with Gasteiger partial charge >= 0.3 is 0 Å². The summed E-state index contributed by atoms with van der Waals surface area (Å²) >= 11 is 0. The lowest BCUT2D eigenvalue weighted by Crippen LogP contribution is -2.26. The molecule has 0 N–H and O–H groups in total. The van der Waals surface area contributed by atoms with Crippen LogP contribution >= 0.6 is 0 Å². The fourth-order valence-electron chi connectivity index (χ4n) is 2.06. The van der Waals surface area contributed by atoms with Gasteiger partial charge in [0, 0.05) is 25.2 Å². The maximum Gasteiger partial charge on any atom is 0.225 e. The maximum absolute atomic E-state index is 12.8. The van der Waals surface area contributed by atoms with Crippen molar-refractivity contribution >= 4 is 5.95 Å². The fraction of sp³-hybridized carbons (Fsp3) is 0.308. The first kappa shape index (κ1) is 11.8. The van der Waals surface area contributed by atoms with Gasteiger partial charge in [-0.1, -0.05) is 6.07 Å². The van der Waals surface area contributed by atoms with E-state index in [-0.39, 0.29) is 6.10 Å². The molecule has 0 radical (unpaired) electrons. The highest BCUT2D eigenvalue weighted by molar-refractivity contribution is 5.31. The predicted octanol–water partition coefficient (Wildman–Crippen LogP) is 1.67. The summed E-state index contributed by atoms with van der Waals surface area (Å²) in [5.74, 6) is 0.729. The van der Waals surface area contributed by atoms with Crippen molar-refractivity contribution in [1.29, 1.82) is 0 Å². The second-order valence-corrected chi connectivity index (χ2v) is 4.34. The molecule has 0 spiro atoms. The minimum absolute atomic E-state index is 0.0588. The van der Waals surface area contributed by atoms with E-state index in [0.717, 1.165) is 13.0 Å². The molecule has 1 unspecified atom stereocenters. The summed E-state index contributed by atoms with van der Waals surface area (Å²) in [4.78, 5) is 14.1. The van der Waals surface area contributed by atoms with Crippen LogP contribution in [0.25, 0.3) is 0 Å². The number of hydrogen-bond acceptors (Lipinski definition) is 5. The van der Waals surface area contributed by atoms with Gasteiger partial charge in [-0.15, -0.1) is 0 Å². The van der Waals surface area contributed by atoms with Crippen molar-refractivity contribution in [3.8, 4) is 5.88 Å². The molecule has 98 valence electrons. The molecule has 3 heterocycles. The Bertz CT molecular complexity index is 534. The van der Waals surface area contributed by atoms with Crippen molar-refractivity contribution in [2.24, 2.45) is 0 Å². The van der Waals surface area contributed by atoms with Crippen LogP contribution in [-0.2, 0) is 0 Å². The summed E-state index contributed by atoms with van der Waals surface area (Å²) in [6, 6.07) is 5.56. The Hall–Kier alpha value is -2.24. The third-order valence-corrected chi connectivity index (χ3v) is 2.96. The summed E-state index contributed by atoms with van der Waals surface area (Å²) in [7, 11) is 0. The topological polar surface area (TPSA) is 51.1 Å². The van der Waals surface area contributed by atoms with Crippen LogP contribution < -0.4 is 9.64 Å². The molecule has 0 bridgehead atoms. The first-order valence-corrected chi connectivity index (χ1v) is 6.11.